The minimum atomic E-state index is -1.13. The minimum Gasteiger partial charge on any atom is -0.389 e. The molecule has 1 unspecified atom stereocenters. The Morgan fingerprint density at radius 1 is 1.36 bits per heavy atom. The van der Waals surface area contributed by atoms with Gasteiger partial charge in [-0.2, -0.15) is 0 Å². The zero-order valence-electron chi connectivity index (χ0n) is 8.40. The Bertz CT molecular complexity index is 314. The van der Waals surface area contributed by atoms with E-state index in [0.29, 0.717) is 0 Å². The van der Waals surface area contributed by atoms with Crippen molar-refractivity contribution in [3.63, 3.8) is 0 Å². The molecule has 0 radical (unpaired) electrons. The molecule has 0 aliphatic heterocycles. The second-order valence-corrected chi connectivity index (χ2v) is 3.90. The van der Waals surface area contributed by atoms with Crippen LogP contribution < -0.4 is 5.73 Å². The van der Waals surface area contributed by atoms with E-state index in [4.69, 9.17) is 5.73 Å². The Kier molecular flexibility index (Phi) is 2.91. The Morgan fingerprint density at radius 2 is 1.86 bits per heavy atom. The van der Waals surface area contributed by atoms with Crippen molar-refractivity contribution < 1.29 is 9.90 Å². The van der Waals surface area contributed by atoms with Crippen LogP contribution >= 0.6 is 0 Å². The number of rotatable bonds is 3. The fraction of sp³-hybridized carbons (Fsp3) is 0.364. The van der Waals surface area contributed by atoms with Gasteiger partial charge in [-0.15, -0.1) is 0 Å². The van der Waals surface area contributed by atoms with Crippen LogP contribution in [0.25, 0.3) is 0 Å². The third kappa shape index (κ3) is 2.33. The Balaban J connectivity index is 3.08. The molecule has 1 aromatic carbocycles. The molecule has 0 fully saturated rings. The first-order valence-electron chi connectivity index (χ1n) is 4.49. The van der Waals surface area contributed by atoms with Crippen LogP contribution in [-0.2, 0) is 4.79 Å². The predicted molar refractivity (Wildman–Crippen MR) is 54.7 cm³/mol. The molecule has 1 atom stereocenters. The maximum atomic E-state index is 11.2. The van der Waals surface area contributed by atoms with Crippen LogP contribution in [0.15, 0.2) is 30.3 Å². The smallest absolute Gasteiger partial charge is 0.227 e. The minimum absolute atomic E-state index is 0.510. The maximum absolute atomic E-state index is 11.2. The number of nitrogens with two attached hydrogens (primary N) is 1. The average molecular weight is 193 g/mol. The molecule has 0 saturated heterocycles. The number of hydrogen-bond donors (Lipinski definition) is 2. The fourth-order valence-corrected chi connectivity index (χ4v) is 1.57. The molecule has 0 aliphatic rings. The number of benzene rings is 1. The highest BCUT2D eigenvalue weighted by atomic mass is 16.3. The Morgan fingerprint density at radius 3 is 2.21 bits per heavy atom. The molecule has 1 amide bonds. The number of primary amides is 1. The van der Waals surface area contributed by atoms with E-state index in [9.17, 15) is 9.90 Å². The molecule has 0 spiro atoms. The van der Waals surface area contributed by atoms with Crippen LogP contribution in [0, 0.1) is 0 Å². The Hall–Kier alpha value is -1.35. The summed E-state index contributed by atoms with van der Waals surface area (Å²) in [6, 6.07) is 9.06. The number of amides is 1. The van der Waals surface area contributed by atoms with Gasteiger partial charge in [0.05, 0.1) is 11.5 Å². The predicted octanol–water partition coefficient (Wildman–Crippen LogP) is 1.03. The first-order valence-corrected chi connectivity index (χ1v) is 4.49. The highest BCUT2D eigenvalue weighted by molar-refractivity contribution is 5.83. The fourth-order valence-electron chi connectivity index (χ4n) is 1.57. The molecule has 3 nitrogen and oxygen atoms in total. The third-order valence-electron chi connectivity index (χ3n) is 2.12. The summed E-state index contributed by atoms with van der Waals surface area (Å²) in [4.78, 5) is 11.2. The van der Waals surface area contributed by atoms with E-state index in [1.54, 1.807) is 26.0 Å². The molecule has 76 valence electrons. The molecule has 1 aromatic rings. The second-order valence-electron chi connectivity index (χ2n) is 3.90. The van der Waals surface area contributed by atoms with Crippen molar-refractivity contribution in [3.05, 3.63) is 35.9 Å². The molecule has 0 aliphatic carbocycles. The lowest BCUT2D eigenvalue weighted by Crippen LogP contribution is -2.38. The standard InChI is InChI=1S/C11H15NO2/c1-11(2,14)9(10(12)13)8-6-4-3-5-7-8/h3-7,9,14H,1-2H3,(H2,12,13). The number of hydrogen-bond acceptors (Lipinski definition) is 2. The summed E-state index contributed by atoms with van der Waals surface area (Å²) in [6.45, 7) is 3.16. The lowest BCUT2D eigenvalue weighted by Gasteiger charge is -2.26. The molecule has 0 heterocycles. The van der Waals surface area contributed by atoms with Gasteiger partial charge in [-0.1, -0.05) is 30.3 Å². The summed E-state index contributed by atoms with van der Waals surface area (Å²) in [6.07, 6.45) is 0. The van der Waals surface area contributed by atoms with Crippen molar-refractivity contribution in [2.75, 3.05) is 0 Å². The normalized spacial score (nSPS) is 13.6. The number of carbonyl (C=O) groups is 1. The summed E-state index contributed by atoms with van der Waals surface area (Å²) in [5.41, 5.74) is 4.87. The van der Waals surface area contributed by atoms with Crippen molar-refractivity contribution >= 4 is 5.91 Å². The summed E-state index contributed by atoms with van der Waals surface area (Å²) in [5, 5.41) is 9.80. The summed E-state index contributed by atoms with van der Waals surface area (Å²) in [5.74, 6) is -1.17. The zero-order valence-corrected chi connectivity index (χ0v) is 8.40. The number of carbonyl (C=O) groups excluding carboxylic acids is 1. The van der Waals surface area contributed by atoms with E-state index in [-0.39, 0.29) is 0 Å². The maximum Gasteiger partial charge on any atom is 0.227 e. The summed E-state index contributed by atoms with van der Waals surface area (Å²) in [7, 11) is 0. The van der Waals surface area contributed by atoms with Gasteiger partial charge in [-0.3, -0.25) is 4.79 Å². The quantitative estimate of drug-likeness (QED) is 0.753. The lowest BCUT2D eigenvalue weighted by molar-refractivity contribution is -0.124. The van der Waals surface area contributed by atoms with Gasteiger partial charge in [0.2, 0.25) is 5.91 Å². The SMILES string of the molecule is CC(C)(O)C(C(N)=O)c1ccccc1. The molecule has 0 saturated carbocycles. The molecule has 0 bridgehead atoms. The third-order valence-corrected chi connectivity index (χ3v) is 2.12. The zero-order chi connectivity index (χ0) is 10.8. The number of aliphatic hydroxyl groups is 1. The van der Waals surface area contributed by atoms with Crippen molar-refractivity contribution in [3.8, 4) is 0 Å². The van der Waals surface area contributed by atoms with Gasteiger partial charge in [0.15, 0.2) is 0 Å². The van der Waals surface area contributed by atoms with Crippen molar-refractivity contribution in [1.29, 1.82) is 0 Å². The van der Waals surface area contributed by atoms with E-state index in [1.807, 2.05) is 18.2 Å². The van der Waals surface area contributed by atoms with Crippen LogP contribution in [0.4, 0.5) is 0 Å². The van der Waals surface area contributed by atoms with Gasteiger partial charge in [-0.25, -0.2) is 0 Å². The average Bonchev–Trinajstić information content (AvgIpc) is 2.02. The molecule has 0 aromatic heterocycles. The van der Waals surface area contributed by atoms with E-state index in [0.717, 1.165) is 5.56 Å². The van der Waals surface area contributed by atoms with Crippen LogP contribution in [0.1, 0.15) is 25.3 Å². The second kappa shape index (κ2) is 3.80. The van der Waals surface area contributed by atoms with Gasteiger partial charge in [-0.05, 0) is 19.4 Å². The molecule has 14 heavy (non-hydrogen) atoms. The van der Waals surface area contributed by atoms with Gasteiger partial charge in [0.1, 0.15) is 0 Å². The van der Waals surface area contributed by atoms with E-state index >= 15 is 0 Å². The summed E-state index contributed by atoms with van der Waals surface area (Å²) >= 11 is 0. The van der Waals surface area contributed by atoms with Crippen LogP contribution in [-0.4, -0.2) is 16.6 Å². The molecular weight excluding hydrogens is 178 g/mol. The van der Waals surface area contributed by atoms with Gasteiger partial charge in [0.25, 0.3) is 0 Å². The monoisotopic (exact) mass is 193 g/mol. The molecule has 3 N–H and O–H groups in total. The lowest BCUT2D eigenvalue weighted by atomic mass is 9.84. The molecule has 3 heteroatoms. The first-order chi connectivity index (χ1) is 6.43. The highest BCUT2D eigenvalue weighted by Crippen LogP contribution is 2.27. The van der Waals surface area contributed by atoms with Gasteiger partial charge >= 0.3 is 0 Å². The van der Waals surface area contributed by atoms with Crippen molar-refractivity contribution in [2.24, 2.45) is 5.73 Å². The Labute approximate surface area is 83.6 Å². The van der Waals surface area contributed by atoms with Crippen LogP contribution in [0.5, 0.6) is 0 Å². The van der Waals surface area contributed by atoms with Crippen LogP contribution in [0.3, 0.4) is 0 Å². The van der Waals surface area contributed by atoms with E-state index in [1.165, 1.54) is 0 Å². The van der Waals surface area contributed by atoms with Gasteiger partial charge < -0.3 is 10.8 Å². The first kappa shape index (κ1) is 10.7. The molecular formula is C11H15NO2. The van der Waals surface area contributed by atoms with E-state index in [2.05, 4.69) is 0 Å². The van der Waals surface area contributed by atoms with Gasteiger partial charge in [0, 0.05) is 0 Å². The topological polar surface area (TPSA) is 63.3 Å². The van der Waals surface area contributed by atoms with Crippen LogP contribution in [0.2, 0.25) is 0 Å². The van der Waals surface area contributed by atoms with E-state index < -0.39 is 17.4 Å². The molecule has 1 rings (SSSR count). The van der Waals surface area contributed by atoms with Crippen molar-refractivity contribution in [2.45, 2.75) is 25.4 Å². The van der Waals surface area contributed by atoms with Crippen molar-refractivity contribution in [1.82, 2.24) is 0 Å². The highest BCUT2D eigenvalue weighted by Gasteiger charge is 2.32. The largest absolute Gasteiger partial charge is 0.389 e. The summed E-state index contributed by atoms with van der Waals surface area (Å²) < 4.78 is 0.